The molecule has 1 heterocycles. The number of nitrogens with zero attached hydrogens (tertiary/aromatic N) is 1. The summed E-state index contributed by atoms with van der Waals surface area (Å²) in [6, 6.07) is 5.19. The Bertz CT molecular complexity index is 620. The van der Waals surface area contributed by atoms with Gasteiger partial charge in [0.15, 0.2) is 0 Å². The van der Waals surface area contributed by atoms with E-state index < -0.39 is 10.0 Å². The molecule has 8 heteroatoms. The van der Waals surface area contributed by atoms with E-state index in [9.17, 15) is 13.2 Å². The van der Waals surface area contributed by atoms with E-state index in [2.05, 4.69) is 15.9 Å². The van der Waals surface area contributed by atoms with Gasteiger partial charge >= 0.3 is 0 Å². The second-order valence-electron chi connectivity index (χ2n) is 4.50. The van der Waals surface area contributed by atoms with Crippen molar-refractivity contribution >= 4 is 49.1 Å². The van der Waals surface area contributed by atoms with Crippen molar-refractivity contribution in [1.29, 1.82) is 0 Å². The molecule has 0 radical (unpaired) electrons. The summed E-state index contributed by atoms with van der Waals surface area (Å²) in [4.78, 5) is 13.5. The Kier molecular flexibility index (Phi) is 4.20. The highest BCUT2D eigenvalue weighted by Crippen LogP contribution is 2.33. The van der Waals surface area contributed by atoms with Crippen molar-refractivity contribution in [1.82, 2.24) is 0 Å². The van der Waals surface area contributed by atoms with Crippen molar-refractivity contribution < 1.29 is 13.2 Å². The highest BCUT2D eigenvalue weighted by atomic mass is 79.9. The zero-order valence-corrected chi connectivity index (χ0v) is 13.0. The van der Waals surface area contributed by atoms with Crippen LogP contribution >= 0.6 is 27.5 Å². The van der Waals surface area contributed by atoms with Gasteiger partial charge in [-0.2, -0.15) is 0 Å². The molecule has 1 aromatic carbocycles. The number of hydrogen-bond acceptors (Lipinski definition) is 3. The average molecular weight is 368 g/mol. The number of nitrogens with two attached hydrogens (primary N) is 1. The molecule has 1 saturated heterocycles. The smallest absolute Gasteiger partial charge is 0.227 e. The van der Waals surface area contributed by atoms with Gasteiger partial charge in [-0.1, -0.05) is 27.5 Å². The minimum Gasteiger partial charge on any atom is -0.311 e. The monoisotopic (exact) mass is 366 g/mol. The van der Waals surface area contributed by atoms with Gasteiger partial charge in [-0.05, 0) is 18.2 Å². The first-order valence-corrected chi connectivity index (χ1v) is 8.41. The number of rotatable bonds is 3. The molecule has 104 valence electrons. The summed E-state index contributed by atoms with van der Waals surface area (Å²) in [5, 5.41) is 5.46. The number of halogens is 2. The Hall–Kier alpha value is -0.630. The van der Waals surface area contributed by atoms with Crippen LogP contribution in [0.2, 0.25) is 5.02 Å². The van der Waals surface area contributed by atoms with E-state index in [1.165, 1.54) is 4.90 Å². The lowest BCUT2D eigenvalue weighted by molar-refractivity contribution is -0.117. The van der Waals surface area contributed by atoms with Gasteiger partial charge < -0.3 is 4.90 Å². The van der Waals surface area contributed by atoms with E-state index in [-0.39, 0.29) is 24.0 Å². The molecule has 1 unspecified atom stereocenters. The summed E-state index contributed by atoms with van der Waals surface area (Å²) in [7, 11) is -3.58. The number of sulfonamides is 1. The van der Waals surface area contributed by atoms with Gasteiger partial charge in [-0.25, -0.2) is 13.6 Å². The average Bonchev–Trinajstić information content (AvgIpc) is 2.60. The number of carbonyl (C=O) groups excluding carboxylic acids is 1. The number of anilines is 1. The molecule has 0 aliphatic carbocycles. The molecule has 0 spiro atoms. The van der Waals surface area contributed by atoms with Crippen molar-refractivity contribution in [2.24, 2.45) is 11.1 Å². The quantitative estimate of drug-likeness (QED) is 0.883. The first-order chi connectivity index (χ1) is 8.76. The standard InChI is InChI=1S/C11H12BrClN2O3S/c12-8-1-2-9(13)10(4-8)15-5-7(3-11(15)16)6-19(14,17)18/h1-2,4,7H,3,5-6H2,(H2,14,17,18). The summed E-state index contributed by atoms with van der Waals surface area (Å²) in [6.07, 6.45) is 0.166. The van der Waals surface area contributed by atoms with Crippen LogP contribution in [0.5, 0.6) is 0 Å². The molecule has 1 aliphatic heterocycles. The highest BCUT2D eigenvalue weighted by molar-refractivity contribution is 9.10. The maximum absolute atomic E-state index is 12.0. The molecule has 2 rings (SSSR count). The number of primary sulfonamides is 1. The van der Waals surface area contributed by atoms with Crippen LogP contribution in [0.4, 0.5) is 5.69 Å². The van der Waals surface area contributed by atoms with Gasteiger partial charge in [0, 0.05) is 23.4 Å². The van der Waals surface area contributed by atoms with Gasteiger partial charge in [0.25, 0.3) is 0 Å². The van der Waals surface area contributed by atoms with Gasteiger partial charge in [-0.3, -0.25) is 4.79 Å². The van der Waals surface area contributed by atoms with Crippen molar-refractivity contribution in [3.05, 3.63) is 27.7 Å². The summed E-state index contributed by atoms with van der Waals surface area (Å²) in [5.41, 5.74) is 0.581. The second kappa shape index (κ2) is 5.40. The molecule has 0 aromatic heterocycles. The summed E-state index contributed by atoms with van der Waals surface area (Å²) < 4.78 is 22.9. The minimum absolute atomic E-state index is 0.145. The molecular formula is C11H12BrClN2O3S. The largest absolute Gasteiger partial charge is 0.311 e. The molecule has 5 nitrogen and oxygen atoms in total. The van der Waals surface area contributed by atoms with E-state index in [0.29, 0.717) is 17.3 Å². The number of benzene rings is 1. The zero-order chi connectivity index (χ0) is 14.2. The van der Waals surface area contributed by atoms with Gasteiger partial charge in [0.2, 0.25) is 15.9 Å². The van der Waals surface area contributed by atoms with E-state index in [1.54, 1.807) is 18.2 Å². The SMILES string of the molecule is NS(=O)(=O)CC1CC(=O)N(c2cc(Br)ccc2Cl)C1. The van der Waals surface area contributed by atoms with E-state index >= 15 is 0 Å². The van der Waals surface area contributed by atoms with Crippen LogP contribution in [-0.2, 0) is 14.8 Å². The maximum Gasteiger partial charge on any atom is 0.227 e. The van der Waals surface area contributed by atoms with Crippen molar-refractivity contribution in [3.8, 4) is 0 Å². The Morgan fingerprint density at radius 1 is 1.47 bits per heavy atom. The zero-order valence-electron chi connectivity index (χ0n) is 9.84. The number of amides is 1. The van der Waals surface area contributed by atoms with E-state index in [1.807, 2.05) is 0 Å². The van der Waals surface area contributed by atoms with Crippen LogP contribution in [-0.4, -0.2) is 26.6 Å². The van der Waals surface area contributed by atoms with Crippen LogP contribution in [0, 0.1) is 5.92 Å². The van der Waals surface area contributed by atoms with Crippen molar-refractivity contribution in [2.45, 2.75) is 6.42 Å². The Morgan fingerprint density at radius 3 is 2.79 bits per heavy atom. The molecule has 2 N–H and O–H groups in total. The summed E-state index contributed by atoms with van der Waals surface area (Å²) >= 11 is 9.38. The lowest BCUT2D eigenvalue weighted by atomic mass is 10.1. The minimum atomic E-state index is -3.58. The van der Waals surface area contributed by atoms with Crippen LogP contribution in [0.1, 0.15) is 6.42 Å². The molecular weight excluding hydrogens is 356 g/mol. The number of carbonyl (C=O) groups is 1. The van der Waals surface area contributed by atoms with Gasteiger partial charge in [0.1, 0.15) is 0 Å². The van der Waals surface area contributed by atoms with Crippen LogP contribution < -0.4 is 10.0 Å². The Morgan fingerprint density at radius 2 is 2.16 bits per heavy atom. The fourth-order valence-electron chi connectivity index (χ4n) is 2.15. The second-order valence-corrected chi connectivity index (χ2v) is 7.48. The fraction of sp³-hybridized carbons (Fsp3) is 0.364. The Labute approximate surface area is 124 Å². The van der Waals surface area contributed by atoms with Crippen LogP contribution in [0.25, 0.3) is 0 Å². The molecule has 1 atom stereocenters. The lowest BCUT2D eigenvalue weighted by Crippen LogP contribution is -2.27. The third-order valence-electron chi connectivity index (χ3n) is 2.87. The molecule has 1 amide bonds. The molecule has 1 aromatic rings. The molecule has 0 bridgehead atoms. The summed E-state index contributed by atoms with van der Waals surface area (Å²) in [5.74, 6) is -0.632. The normalized spacial score (nSPS) is 20.1. The predicted octanol–water partition coefficient (Wildman–Crippen LogP) is 1.74. The van der Waals surface area contributed by atoms with Crippen molar-refractivity contribution in [3.63, 3.8) is 0 Å². The first-order valence-electron chi connectivity index (χ1n) is 5.52. The van der Waals surface area contributed by atoms with Crippen LogP contribution in [0.15, 0.2) is 22.7 Å². The van der Waals surface area contributed by atoms with Crippen LogP contribution in [0.3, 0.4) is 0 Å². The molecule has 1 aliphatic rings. The fourth-order valence-corrected chi connectivity index (χ4v) is 3.60. The van der Waals surface area contributed by atoms with E-state index in [4.69, 9.17) is 16.7 Å². The first kappa shape index (κ1) is 14.8. The van der Waals surface area contributed by atoms with E-state index in [0.717, 1.165) is 4.47 Å². The third-order valence-corrected chi connectivity index (χ3v) is 4.62. The third kappa shape index (κ3) is 3.68. The molecule has 19 heavy (non-hydrogen) atoms. The predicted molar refractivity (Wildman–Crippen MR) is 77.6 cm³/mol. The Balaban J connectivity index is 2.23. The highest BCUT2D eigenvalue weighted by Gasteiger charge is 2.33. The molecule has 1 fully saturated rings. The van der Waals surface area contributed by atoms with Gasteiger partial charge in [-0.15, -0.1) is 0 Å². The topological polar surface area (TPSA) is 80.5 Å². The molecule has 0 saturated carbocycles. The lowest BCUT2D eigenvalue weighted by Gasteiger charge is -2.18. The summed E-state index contributed by atoms with van der Waals surface area (Å²) in [6.45, 7) is 0.311. The maximum atomic E-state index is 12.0. The number of hydrogen-bond donors (Lipinski definition) is 1. The van der Waals surface area contributed by atoms with Gasteiger partial charge in [0.05, 0.1) is 16.5 Å². The van der Waals surface area contributed by atoms with Crippen molar-refractivity contribution in [2.75, 3.05) is 17.2 Å².